The van der Waals surface area contributed by atoms with E-state index in [9.17, 15) is 0 Å². The van der Waals surface area contributed by atoms with Crippen molar-refractivity contribution in [1.29, 1.82) is 5.26 Å². The molecule has 2 aliphatic heterocycles. The number of nitriles is 1. The number of nitrogens with zero attached hydrogens (tertiary/aromatic N) is 6. The molecule has 0 radical (unpaired) electrons. The van der Waals surface area contributed by atoms with Crippen molar-refractivity contribution < 1.29 is 0 Å². The van der Waals surface area contributed by atoms with Gasteiger partial charge >= 0.3 is 0 Å². The fourth-order valence-electron chi connectivity index (χ4n) is 3.48. The molecule has 0 spiro atoms. The summed E-state index contributed by atoms with van der Waals surface area (Å²) in [4.78, 5) is 16.1. The van der Waals surface area contributed by atoms with E-state index >= 15 is 0 Å². The number of piperidine rings is 1. The molecule has 22 heavy (non-hydrogen) atoms. The lowest BCUT2D eigenvalue weighted by molar-refractivity contribution is 0.106. The SMILES string of the molecule is Cc1cc(C#N)nc(N2CCN(C3CCCN(C)C3)CC2)n1. The van der Waals surface area contributed by atoms with Crippen LogP contribution in [-0.2, 0) is 0 Å². The van der Waals surface area contributed by atoms with Gasteiger partial charge in [-0.05, 0) is 39.4 Å². The van der Waals surface area contributed by atoms with E-state index < -0.39 is 0 Å². The van der Waals surface area contributed by atoms with Gasteiger partial charge in [0.05, 0.1) is 0 Å². The molecule has 2 aliphatic rings. The zero-order valence-electron chi connectivity index (χ0n) is 13.5. The van der Waals surface area contributed by atoms with Crippen molar-refractivity contribution in [1.82, 2.24) is 19.8 Å². The molecule has 1 aromatic heterocycles. The zero-order chi connectivity index (χ0) is 15.5. The summed E-state index contributed by atoms with van der Waals surface area (Å²) in [6.07, 6.45) is 2.61. The summed E-state index contributed by atoms with van der Waals surface area (Å²) >= 11 is 0. The highest BCUT2D eigenvalue weighted by atomic mass is 15.3. The van der Waals surface area contributed by atoms with Crippen molar-refractivity contribution in [2.45, 2.75) is 25.8 Å². The Bertz CT molecular complexity index is 558. The standard InChI is InChI=1S/C16H24N6/c1-13-10-14(11-17)19-16(18-13)22-8-6-21(7-9-22)15-4-3-5-20(2)12-15/h10,15H,3-9,12H2,1-2H3. The van der Waals surface area contributed by atoms with Gasteiger partial charge in [0.15, 0.2) is 0 Å². The molecule has 6 heteroatoms. The van der Waals surface area contributed by atoms with Crippen molar-refractivity contribution in [3.63, 3.8) is 0 Å². The van der Waals surface area contributed by atoms with Crippen LogP contribution in [0.2, 0.25) is 0 Å². The maximum absolute atomic E-state index is 9.05. The highest BCUT2D eigenvalue weighted by Crippen LogP contribution is 2.19. The molecular weight excluding hydrogens is 276 g/mol. The van der Waals surface area contributed by atoms with Gasteiger partial charge in [0.2, 0.25) is 5.95 Å². The van der Waals surface area contributed by atoms with E-state index in [2.05, 4.69) is 37.8 Å². The second-order valence-corrected chi connectivity index (χ2v) is 6.39. The summed E-state index contributed by atoms with van der Waals surface area (Å²) in [6, 6.07) is 4.54. The molecule has 6 nitrogen and oxygen atoms in total. The number of hydrogen-bond acceptors (Lipinski definition) is 6. The van der Waals surface area contributed by atoms with Crippen molar-refractivity contribution in [2.75, 3.05) is 51.2 Å². The Kier molecular flexibility index (Phi) is 4.55. The molecule has 1 atom stereocenters. The van der Waals surface area contributed by atoms with Crippen molar-refractivity contribution in [3.05, 3.63) is 17.5 Å². The normalized spacial score (nSPS) is 24.2. The van der Waals surface area contributed by atoms with E-state index in [4.69, 9.17) is 5.26 Å². The molecule has 2 fully saturated rings. The molecule has 2 saturated heterocycles. The highest BCUT2D eigenvalue weighted by molar-refractivity contribution is 5.36. The van der Waals surface area contributed by atoms with Gasteiger partial charge < -0.3 is 9.80 Å². The van der Waals surface area contributed by atoms with Crippen LogP contribution in [0.3, 0.4) is 0 Å². The fraction of sp³-hybridized carbons (Fsp3) is 0.688. The Hall–Kier alpha value is -1.71. The number of aryl methyl sites for hydroxylation is 1. The molecule has 0 amide bonds. The van der Waals surface area contributed by atoms with Gasteiger partial charge in [0.25, 0.3) is 0 Å². The minimum atomic E-state index is 0.457. The minimum absolute atomic E-state index is 0.457. The average Bonchev–Trinajstić information content (AvgIpc) is 2.54. The number of aromatic nitrogens is 2. The van der Waals surface area contributed by atoms with Crippen LogP contribution in [0.1, 0.15) is 24.2 Å². The molecule has 0 aliphatic carbocycles. The van der Waals surface area contributed by atoms with Crippen molar-refractivity contribution in [2.24, 2.45) is 0 Å². The Labute approximate surface area is 132 Å². The van der Waals surface area contributed by atoms with Gasteiger partial charge in [0.1, 0.15) is 11.8 Å². The molecule has 1 aromatic rings. The number of hydrogen-bond donors (Lipinski definition) is 0. The minimum Gasteiger partial charge on any atom is -0.338 e. The third kappa shape index (κ3) is 3.37. The van der Waals surface area contributed by atoms with E-state index in [0.29, 0.717) is 17.7 Å². The third-order valence-corrected chi connectivity index (χ3v) is 4.67. The van der Waals surface area contributed by atoms with Crippen LogP contribution >= 0.6 is 0 Å². The van der Waals surface area contributed by atoms with Gasteiger partial charge in [-0.15, -0.1) is 0 Å². The molecule has 0 bridgehead atoms. The van der Waals surface area contributed by atoms with Gasteiger partial charge in [-0.2, -0.15) is 5.26 Å². The molecule has 1 unspecified atom stereocenters. The van der Waals surface area contributed by atoms with Gasteiger partial charge in [-0.1, -0.05) is 0 Å². The topological polar surface area (TPSA) is 59.3 Å². The number of piperazine rings is 1. The Balaban J connectivity index is 1.62. The summed E-state index contributed by atoms with van der Waals surface area (Å²) in [6.45, 7) is 8.31. The summed E-state index contributed by atoms with van der Waals surface area (Å²) in [5.41, 5.74) is 1.32. The van der Waals surface area contributed by atoms with Gasteiger partial charge in [-0.25, -0.2) is 9.97 Å². The van der Waals surface area contributed by atoms with Crippen LogP contribution in [0.5, 0.6) is 0 Å². The quantitative estimate of drug-likeness (QED) is 0.808. The van der Waals surface area contributed by atoms with Crippen LogP contribution in [-0.4, -0.2) is 72.1 Å². The molecule has 3 heterocycles. The number of rotatable bonds is 2. The second-order valence-electron chi connectivity index (χ2n) is 6.39. The third-order valence-electron chi connectivity index (χ3n) is 4.67. The summed E-state index contributed by atoms with van der Waals surface area (Å²) < 4.78 is 0. The lowest BCUT2D eigenvalue weighted by Gasteiger charge is -2.42. The van der Waals surface area contributed by atoms with Gasteiger partial charge in [0, 0.05) is 44.5 Å². The smallest absolute Gasteiger partial charge is 0.226 e. The molecule has 3 rings (SSSR count). The highest BCUT2D eigenvalue weighted by Gasteiger charge is 2.27. The monoisotopic (exact) mass is 300 g/mol. The molecular formula is C16H24N6. The predicted octanol–water partition coefficient (Wildman–Crippen LogP) is 0.873. The number of anilines is 1. The number of likely N-dealkylation sites (tertiary alicyclic amines) is 1. The van der Waals surface area contributed by atoms with Gasteiger partial charge in [-0.3, -0.25) is 4.90 Å². The van der Waals surface area contributed by atoms with Crippen LogP contribution in [0, 0.1) is 18.3 Å². The summed E-state index contributed by atoms with van der Waals surface area (Å²) in [5.74, 6) is 0.706. The van der Waals surface area contributed by atoms with E-state index in [-0.39, 0.29) is 0 Å². The van der Waals surface area contributed by atoms with Crippen LogP contribution in [0.25, 0.3) is 0 Å². The zero-order valence-corrected chi connectivity index (χ0v) is 13.5. The predicted molar refractivity (Wildman–Crippen MR) is 85.8 cm³/mol. The van der Waals surface area contributed by atoms with Crippen LogP contribution < -0.4 is 4.90 Å². The van der Waals surface area contributed by atoms with E-state index in [1.165, 1.54) is 25.9 Å². The Morgan fingerprint density at radius 1 is 1.18 bits per heavy atom. The fourth-order valence-corrected chi connectivity index (χ4v) is 3.48. The average molecular weight is 300 g/mol. The first-order chi connectivity index (χ1) is 10.7. The number of likely N-dealkylation sites (N-methyl/N-ethyl adjacent to an activating group) is 1. The Morgan fingerprint density at radius 3 is 2.64 bits per heavy atom. The lowest BCUT2D eigenvalue weighted by Crippen LogP contribution is -2.54. The second kappa shape index (κ2) is 6.59. The van der Waals surface area contributed by atoms with Crippen molar-refractivity contribution in [3.8, 4) is 6.07 Å². The largest absolute Gasteiger partial charge is 0.338 e. The maximum atomic E-state index is 9.05. The van der Waals surface area contributed by atoms with Crippen molar-refractivity contribution >= 4 is 5.95 Å². The van der Waals surface area contributed by atoms with E-state index in [1.54, 1.807) is 6.07 Å². The Morgan fingerprint density at radius 2 is 1.95 bits per heavy atom. The summed E-state index contributed by atoms with van der Waals surface area (Å²) in [7, 11) is 2.21. The summed E-state index contributed by atoms with van der Waals surface area (Å²) in [5, 5.41) is 9.05. The molecule has 0 saturated carbocycles. The molecule has 0 N–H and O–H groups in total. The first-order valence-electron chi connectivity index (χ1n) is 8.09. The maximum Gasteiger partial charge on any atom is 0.226 e. The van der Waals surface area contributed by atoms with E-state index in [0.717, 1.165) is 31.9 Å². The molecule has 118 valence electrons. The molecule has 0 aromatic carbocycles. The first-order valence-corrected chi connectivity index (χ1v) is 8.09. The van der Waals surface area contributed by atoms with Crippen LogP contribution in [0.15, 0.2) is 6.07 Å². The van der Waals surface area contributed by atoms with Crippen LogP contribution in [0.4, 0.5) is 5.95 Å². The first kappa shape index (κ1) is 15.2. The lowest BCUT2D eigenvalue weighted by atomic mass is 10.0. The van der Waals surface area contributed by atoms with E-state index in [1.807, 2.05) is 6.92 Å².